The molecule has 194 valence electrons. The Bertz CT molecular complexity index is 1470. The van der Waals surface area contributed by atoms with Gasteiger partial charge in [0, 0.05) is 44.3 Å². The number of benzene rings is 1. The third kappa shape index (κ3) is 4.16. The molecule has 3 aliphatic rings. The first-order valence-corrected chi connectivity index (χ1v) is 12.7. The molecular weight excluding hydrogens is 484 g/mol. The van der Waals surface area contributed by atoms with E-state index in [4.69, 9.17) is 4.74 Å². The molecule has 4 heterocycles. The quantitative estimate of drug-likeness (QED) is 0.436. The highest BCUT2D eigenvalue weighted by molar-refractivity contribution is 6.09. The van der Waals surface area contributed by atoms with Gasteiger partial charge >= 0.3 is 0 Å². The number of carbonyl (C=O) groups is 3. The van der Waals surface area contributed by atoms with Crippen LogP contribution in [0.5, 0.6) is 0 Å². The first-order valence-electron chi connectivity index (χ1n) is 12.7. The van der Waals surface area contributed by atoms with Crippen LogP contribution < -0.4 is 16.0 Å². The minimum atomic E-state index is -0.635. The molecule has 0 radical (unpaired) electrons. The summed E-state index contributed by atoms with van der Waals surface area (Å²) in [5.41, 5.74) is 3.86. The first kappa shape index (κ1) is 24.1. The molecule has 1 fully saturated rings. The Kier molecular flexibility index (Phi) is 6.03. The minimum Gasteiger partial charge on any atom is -0.381 e. The number of aryl methyl sites for hydroxylation is 1. The van der Waals surface area contributed by atoms with E-state index in [9.17, 15) is 14.4 Å². The van der Waals surface area contributed by atoms with Gasteiger partial charge in [-0.15, -0.1) is 0 Å². The second kappa shape index (κ2) is 9.53. The van der Waals surface area contributed by atoms with Crippen molar-refractivity contribution in [2.45, 2.75) is 37.0 Å². The van der Waals surface area contributed by atoms with Gasteiger partial charge in [0.2, 0.25) is 5.91 Å². The van der Waals surface area contributed by atoms with Gasteiger partial charge in [-0.1, -0.05) is 30.3 Å². The Hall–Kier alpha value is -4.31. The highest BCUT2D eigenvalue weighted by atomic mass is 16.5. The molecule has 38 heavy (non-hydrogen) atoms. The van der Waals surface area contributed by atoms with Crippen LogP contribution in [0, 0.1) is 0 Å². The molecular formula is C28H28N6O4. The summed E-state index contributed by atoms with van der Waals surface area (Å²) < 4.78 is 6.90. The number of pyridine rings is 1. The van der Waals surface area contributed by atoms with Crippen molar-refractivity contribution in [2.75, 3.05) is 23.8 Å². The minimum absolute atomic E-state index is 0.0640. The number of nitrogens with one attached hydrogen (secondary N) is 3. The summed E-state index contributed by atoms with van der Waals surface area (Å²) in [5.74, 6) is -0.424. The molecule has 2 aromatic heterocycles. The maximum absolute atomic E-state index is 13.4. The standard InChI is InChI=1S/C28H28N6O4/c1-34-23(8-11-30-34)26(36)31-21(7-6-18-14-17-4-2-3-5-19(17)18)25(35)33-24-15-22-20(16-29-24)28(27(37)32-22)9-12-38-13-10-28/h2-5,7-8,11,15-16,18H,6,9-10,12-14H2,1H3,(H,31,36)(H,32,37)(H,29,33,35). The number of anilines is 2. The number of carbonyl (C=O) groups excluding carboxylic acids is 3. The van der Waals surface area contributed by atoms with Gasteiger partial charge in [0.15, 0.2) is 0 Å². The van der Waals surface area contributed by atoms with Gasteiger partial charge in [-0.05, 0) is 48.8 Å². The number of amides is 3. The van der Waals surface area contributed by atoms with E-state index in [1.165, 1.54) is 22.0 Å². The number of nitrogens with zero attached hydrogens (tertiary/aromatic N) is 3. The van der Waals surface area contributed by atoms with E-state index in [2.05, 4.69) is 38.2 Å². The molecule has 1 spiro atoms. The molecule has 1 aromatic carbocycles. The zero-order valence-electron chi connectivity index (χ0n) is 21.0. The van der Waals surface area contributed by atoms with Crippen molar-refractivity contribution in [3.8, 4) is 0 Å². The summed E-state index contributed by atoms with van der Waals surface area (Å²) in [7, 11) is 1.66. The SMILES string of the molecule is Cn1nccc1C(=O)NC(=CCC1Cc2ccccc21)C(=O)Nc1cc2c(cn1)C1(CCOCC1)C(=O)N2. The molecule has 3 N–H and O–H groups in total. The number of hydrogen-bond acceptors (Lipinski definition) is 6. The smallest absolute Gasteiger partial charge is 0.274 e. The van der Waals surface area contributed by atoms with Crippen molar-refractivity contribution >= 4 is 29.2 Å². The number of hydrogen-bond donors (Lipinski definition) is 3. The molecule has 1 atom stereocenters. The van der Waals surface area contributed by atoms with Crippen LogP contribution in [0.1, 0.15) is 52.4 Å². The largest absolute Gasteiger partial charge is 0.381 e. The molecule has 0 bridgehead atoms. The van der Waals surface area contributed by atoms with Crippen molar-refractivity contribution in [1.29, 1.82) is 0 Å². The molecule has 0 saturated carbocycles. The number of aromatic nitrogens is 3. The molecule has 1 saturated heterocycles. The molecule has 6 rings (SSSR count). The Morgan fingerprint density at radius 3 is 2.82 bits per heavy atom. The topological polar surface area (TPSA) is 127 Å². The molecule has 3 aromatic rings. The number of ether oxygens (including phenoxy) is 1. The van der Waals surface area contributed by atoms with Crippen LogP contribution in [0.2, 0.25) is 0 Å². The molecule has 1 aliphatic carbocycles. The van der Waals surface area contributed by atoms with Crippen LogP contribution in [0.25, 0.3) is 0 Å². The molecule has 2 aliphatic heterocycles. The van der Waals surface area contributed by atoms with Gasteiger partial charge in [-0.2, -0.15) is 5.10 Å². The highest BCUT2D eigenvalue weighted by Gasteiger charge is 2.48. The van der Waals surface area contributed by atoms with Crippen molar-refractivity contribution in [2.24, 2.45) is 7.05 Å². The zero-order valence-corrected chi connectivity index (χ0v) is 21.0. The maximum Gasteiger partial charge on any atom is 0.274 e. The van der Waals surface area contributed by atoms with Crippen LogP contribution in [0.3, 0.4) is 0 Å². The van der Waals surface area contributed by atoms with E-state index < -0.39 is 17.2 Å². The number of allylic oxidation sites excluding steroid dienone is 1. The lowest BCUT2D eigenvalue weighted by atomic mass is 9.76. The van der Waals surface area contributed by atoms with Crippen LogP contribution in [0.4, 0.5) is 11.5 Å². The molecule has 3 amide bonds. The van der Waals surface area contributed by atoms with Gasteiger partial charge in [-0.3, -0.25) is 19.1 Å². The average Bonchev–Trinajstić information content (AvgIpc) is 3.44. The van der Waals surface area contributed by atoms with E-state index in [1.807, 2.05) is 12.1 Å². The Labute approximate surface area is 219 Å². The van der Waals surface area contributed by atoms with Gasteiger partial charge < -0.3 is 20.7 Å². The molecule has 10 heteroatoms. The maximum atomic E-state index is 13.4. The molecule has 1 unspecified atom stereocenters. The Morgan fingerprint density at radius 2 is 2.05 bits per heavy atom. The number of fused-ring (bicyclic) bond motifs is 3. The third-order valence-corrected chi connectivity index (χ3v) is 7.80. The fourth-order valence-electron chi connectivity index (χ4n) is 5.59. The van der Waals surface area contributed by atoms with Gasteiger partial charge in [0.05, 0.1) is 11.1 Å². The summed E-state index contributed by atoms with van der Waals surface area (Å²) in [6.45, 7) is 1.03. The third-order valence-electron chi connectivity index (χ3n) is 7.80. The Balaban J connectivity index is 1.22. The van der Waals surface area contributed by atoms with Crippen LogP contribution in [-0.4, -0.2) is 45.7 Å². The zero-order chi connectivity index (χ0) is 26.3. The predicted octanol–water partition coefficient (Wildman–Crippen LogP) is 2.80. The monoisotopic (exact) mass is 512 g/mol. The van der Waals surface area contributed by atoms with Crippen molar-refractivity contribution in [3.05, 3.63) is 82.9 Å². The second-order valence-corrected chi connectivity index (χ2v) is 9.97. The van der Waals surface area contributed by atoms with E-state index in [0.29, 0.717) is 43.9 Å². The summed E-state index contributed by atoms with van der Waals surface area (Å²) in [5, 5.41) is 12.5. The lowest BCUT2D eigenvalue weighted by Crippen LogP contribution is -2.40. The molecule has 10 nitrogen and oxygen atoms in total. The lowest BCUT2D eigenvalue weighted by molar-refractivity contribution is -0.124. The van der Waals surface area contributed by atoms with Crippen molar-refractivity contribution in [3.63, 3.8) is 0 Å². The van der Waals surface area contributed by atoms with E-state index in [-0.39, 0.29) is 23.3 Å². The lowest BCUT2D eigenvalue weighted by Gasteiger charge is -2.31. The Morgan fingerprint density at radius 1 is 1.24 bits per heavy atom. The van der Waals surface area contributed by atoms with E-state index in [1.54, 1.807) is 31.5 Å². The summed E-state index contributed by atoms with van der Waals surface area (Å²) in [6.07, 6.45) is 7.65. The van der Waals surface area contributed by atoms with E-state index >= 15 is 0 Å². The fraction of sp³-hybridized carbons (Fsp3) is 0.321. The van der Waals surface area contributed by atoms with E-state index in [0.717, 1.165) is 12.0 Å². The summed E-state index contributed by atoms with van der Waals surface area (Å²) >= 11 is 0. The van der Waals surface area contributed by atoms with Crippen molar-refractivity contribution < 1.29 is 19.1 Å². The van der Waals surface area contributed by atoms with Crippen molar-refractivity contribution in [1.82, 2.24) is 20.1 Å². The normalized spacial score (nSPS) is 19.2. The summed E-state index contributed by atoms with van der Waals surface area (Å²) in [4.78, 5) is 43.6. The van der Waals surface area contributed by atoms with Crippen LogP contribution >= 0.6 is 0 Å². The highest BCUT2D eigenvalue weighted by Crippen LogP contribution is 2.44. The predicted molar refractivity (Wildman–Crippen MR) is 139 cm³/mol. The second-order valence-electron chi connectivity index (χ2n) is 9.97. The fourth-order valence-corrected chi connectivity index (χ4v) is 5.59. The first-order chi connectivity index (χ1) is 18.4. The summed E-state index contributed by atoms with van der Waals surface area (Å²) in [6, 6.07) is 11.5. The van der Waals surface area contributed by atoms with Gasteiger partial charge in [0.1, 0.15) is 17.2 Å². The van der Waals surface area contributed by atoms with Gasteiger partial charge in [-0.25, -0.2) is 4.98 Å². The van der Waals surface area contributed by atoms with Crippen LogP contribution in [0.15, 0.2) is 60.6 Å². The van der Waals surface area contributed by atoms with Crippen LogP contribution in [-0.2, 0) is 33.2 Å². The number of rotatable bonds is 6. The average molecular weight is 513 g/mol. The van der Waals surface area contributed by atoms with Gasteiger partial charge in [0.25, 0.3) is 11.8 Å².